The highest BCUT2D eigenvalue weighted by molar-refractivity contribution is 7.86. The molecule has 0 saturated carbocycles. The number of benzene rings is 1. The average Bonchev–Trinajstić information content (AvgIpc) is 3.44. The van der Waals surface area contributed by atoms with Crippen LogP contribution in [0, 0.1) is 10.1 Å². The molecule has 1 aromatic carbocycles. The maximum Gasteiger partial charge on any atom is 0.522 e. The molecule has 2 saturated heterocycles. The highest BCUT2D eigenvalue weighted by atomic mass is 32.2. The number of nitro benzene ring substituents is 1. The summed E-state index contributed by atoms with van der Waals surface area (Å²) < 4.78 is 62.9. The average molecular weight is 573 g/mol. The summed E-state index contributed by atoms with van der Waals surface area (Å²) >= 11 is 4.47. The molecule has 2 aliphatic rings. The first-order valence-corrected chi connectivity index (χ1v) is 12.8. The van der Waals surface area contributed by atoms with Crippen LogP contribution in [0.15, 0.2) is 24.3 Å². The van der Waals surface area contributed by atoms with Crippen LogP contribution in [-0.4, -0.2) is 101 Å². The number of likely N-dealkylation sites (N-methyl/N-ethyl adjacent to an activating group) is 1. The third-order valence-electron chi connectivity index (χ3n) is 5.81. The Morgan fingerprint density at radius 3 is 2.27 bits per heavy atom. The minimum Gasteiger partial charge on any atom is -0.445 e. The summed E-state index contributed by atoms with van der Waals surface area (Å²) in [6, 6.07) is 5.58. The molecule has 3 atom stereocenters. The Kier molecular flexibility index (Phi) is 10.2. The molecule has 1 aromatic rings. The van der Waals surface area contributed by atoms with Crippen molar-refractivity contribution in [2.45, 2.75) is 42.3 Å². The van der Waals surface area contributed by atoms with Crippen molar-refractivity contribution in [3.05, 3.63) is 39.9 Å². The molecule has 0 aliphatic carbocycles. The van der Waals surface area contributed by atoms with Crippen molar-refractivity contribution in [3.8, 4) is 0 Å². The second kappa shape index (κ2) is 12.3. The van der Waals surface area contributed by atoms with E-state index in [-0.39, 0.29) is 23.5 Å². The minimum atomic E-state index is -5.84. The molecule has 2 fully saturated rings. The number of thiol groups is 1. The molecule has 0 bridgehead atoms. The lowest BCUT2D eigenvalue weighted by Gasteiger charge is -2.27. The van der Waals surface area contributed by atoms with Crippen LogP contribution in [0.5, 0.6) is 0 Å². The Bertz CT molecular complexity index is 1090. The van der Waals surface area contributed by atoms with Gasteiger partial charge in [0.05, 0.1) is 4.92 Å². The number of non-ortho nitro benzene ring substituents is 1. The quantitative estimate of drug-likeness (QED) is 0.178. The van der Waals surface area contributed by atoms with E-state index in [9.17, 15) is 32.9 Å². The molecule has 0 unspecified atom stereocenters. The number of carbonyl (C=O) groups is 2. The van der Waals surface area contributed by atoms with E-state index in [4.69, 9.17) is 17.7 Å². The van der Waals surface area contributed by atoms with Crippen LogP contribution in [-0.2, 0) is 26.3 Å². The van der Waals surface area contributed by atoms with E-state index in [1.807, 2.05) is 19.0 Å². The van der Waals surface area contributed by atoms with Crippen molar-refractivity contribution >= 4 is 40.4 Å². The number of nitro groups is 1. The van der Waals surface area contributed by atoms with Gasteiger partial charge in [0.1, 0.15) is 12.6 Å². The lowest BCUT2D eigenvalue weighted by Crippen LogP contribution is -2.48. The fraction of sp³-hybridized carbons (Fsp3) is 0.600. The predicted octanol–water partition coefficient (Wildman–Crippen LogP) is 2.16. The summed E-state index contributed by atoms with van der Waals surface area (Å²) in [4.78, 5) is 41.3. The zero-order valence-corrected chi connectivity index (χ0v) is 21.6. The Hall–Kier alpha value is -2.63. The molecule has 0 radical (unpaired) electrons. The third-order valence-corrected chi connectivity index (χ3v) is 6.76. The number of carbonyl (C=O) groups excluding carboxylic acids is 2. The second-order valence-corrected chi connectivity index (χ2v) is 10.8. The second-order valence-electron chi connectivity index (χ2n) is 8.65. The van der Waals surface area contributed by atoms with Gasteiger partial charge in [-0.15, -0.1) is 0 Å². The number of nitrogens with zero attached hydrogens (tertiary/aromatic N) is 4. The van der Waals surface area contributed by atoms with E-state index >= 15 is 0 Å². The molecule has 1 N–H and O–H groups in total. The SMILES string of the molecule is CN(C)[C@H]1CCN(C(=O)[C@@H]2C[C@H](S)CN2C(=O)OCc2ccc([N+](=O)[O-])cc2)C1.O=S(=O)(O)C(F)(F)F. The fourth-order valence-corrected chi connectivity index (χ4v) is 4.14. The molecule has 0 spiro atoms. The Morgan fingerprint density at radius 2 is 1.81 bits per heavy atom. The summed E-state index contributed by atoms with van der Waals surface area (Å²) in [5, 5.41) is 10.6. The lowest BCUT2D eigenvalue weighted by atomic mass is 10.2. The minimum absolute atomic E-state index is 0.0160. The van der Waals surface area contributed by atoms with Gasteiger partial charge in [-0.1, -0.05) is 0 Å². The Balaban J connectivity index is 0.000000521. The molecular formula is C20H27F3N4O8S2. The maximum atomic E-state index is 13.0. The fourth-order valence-electron chi connectivity index (χ4n) is 3.77. The molecule has 0 aromatic heterocycles. The van der Waals surface area contributed by atoms with Gasteiger partial charge in [0, 0.05) is 43.1 Å². The van der Waals surface area contributed by atoms with Crippen molar-refractivity contribution in [2.75, 3.05) is 33.7 Å². The number of alkyl halides is 3. The highest BCUT2D eigenvalue weighted by Gasteiger charge is 2.44. The molecule has 12 nitrogen and oxygen atoms in total. The zero-order chi connectivity index (χ0) is 28.1. The van der Waals surface area contributed by atoms with E-state index in [1.54, 1.807) is 12.1 Å². The van der Waals surface area contributed by atoms with Crippen molar-refractivity contribution in [3.63, 3.8) is 0 Å². The number of hydrogen-bond donors (Lipinski definition) is 2. The van der Waals surface area contributed by atoms with Crippen LogP contribution < -0.4 is 0 Å². The van der Waals surface area contributed by atoms with Crippen LogP contribution in [0.4, 0.5) is 23.7 Å². The first-order chi connectivity index (χ1) is 17.0. The lowest BCUT2D eigenvalue weighted by molar-refractivity contribution is -0.384. The number of hydrogen-bond acceptors (Lipinski definition) is 9. The number of amides is 2. The molecule has 3 rings (SSSR count). The van der Waals surface area contributed by atoms with Gasteiger partial charge in [0.15, 0.2) is 0 Å². The van der Waals surface area contributed by atoms with Gasteiger partial charge in [-0.05, 0) is 44.6 Å². The van der Waals surface area contributed by atoms with Crippen molar-refractivity contribution in [2.24, 2.45) is 0 Å². The normalized spacial score (nSPS) is 22.0. The summed E-state index contributed by atoms with van der Waals surface area (Å²) in [6.45, 7) is 1.67. The smallest absolute Gasteiger partial charge is 0.445 e. The van der Waals surface area contributed by atoms with E-state index < -0.39 is 32.7 Å². The predicted molar refractivity (Wildman–Crippen MR) is 127 cm³/mol. The summed E-state index contributed by atoms with van der Waals surface area (Å²) in [6.07, 6.45) is 0.847. The molecule has 37 heavy (non-hydrogen) atoms. The van der Waals surface area contributed by atoms with Crippen LogP contribution >= 0.6 is 12.6 Å². The van der Waals surface area contributed by atoms with Gasteiger partial charge in [0.25, 0.3) is 5.69 Å². The van der Waals surface area contributed by atoms with Crippen LogP contribution in [0.2, 0.25) is 0 Å². The van der Waals surface area contributed by atoms with Gasteiger partial charge in [-0.25, -0.2) is 4.79 Å². The van der Waals surface area contributed by atoms with E-state index in [0.717, 1.165) is 6.42 Å². The monoisotopic (exact) mass is 572 g/mol. The van der Waals surface area contributed by atoms with Crippen molar-refractivity contribution < 1.29 is 45.4 Å². The number of rotatable bonds is 5. The van der Waals surface area contributed by atoms with Crippen molar-refractivity contribution in [1.29, 1.82) is 0 Å². The summed E-state index contributed by atoms with van der Waals surface area (Å²) in [5.41, 5.74) is -4.92. The van der Waals surface area contributed by atoms with Crippen molar-refractivity contribution in [1.82, 2.24) is 14.7 Å². The third kappa shape index (κ3) is 8.44. The molecule has 2 amide bonds. The van der Waals surface area contributed by atoms with Gasteiger partial charge in [-0.3, -0.25) is 24.4 Å². The van der Waals surface area contributed by atoms with E-state index in [2.05, 4.69) is 17.5 Å². The van der Waals surface area contributed by atoms with Gasteiger partial charge >= 0.3 is 21.7 Å². The zero-order valence-electron chi connectivity index (χ0n) is 19.9. The summed E-state index contributed by atoms with van der Waals surface area (Å²) in [5.74, 6) is -0.0572. The standard InChI is InChI=1S/C19H26N4O5S.CHF3O3S/c1-20(2)15-7-8-21(10-15)18(24)17-9-16(29)11-22(17)19(25)28-12-13-3-5-14(6-4-13)23(26)27;2-1(3,4)8(5,6)7/h3-6,15-17,29H,7-12H2,1-2H3;(H,5,6,7)/t15-,16-,17-;/m0./s1. The number of ether oxygens (including phenoxy) is 1. The first kappa shape index (κ1) is 30.6. The first-order valence-electron chi connectivity index (χ1n) is 10.8. The molecule has 2 aliphatic heterocycles. The molecule has 2 heterocycles. The van der Waals surface area contributed by atoms with E-state index in [1.165, 1.54) is 17.0 Å². The Morgan fingerprint density at radius 1 is 1.24 bits per heavy atom. The largest absolute Gasteiger partial charge is 0.522 e. The molecule has 208 valence electrons. The van der Waals surface area contributed by atoms with Crippen LogP contribution in [0.25, 0.3) is 0 Å². The number of halogens is 3. The van der Waals surface area contributed by atoms with E-state index in [0.29, 0.717) is 37.7 Å². The molecular weight excluding hydrogens is 545 g/mol. The number of likely N-dealkylation sites (tertiary alicyclic amines) is 2. The topological polar surface area (TPSA) is 151 Å². The maximum absolute atomic E-state index is 13.0. The molecule has 17 heteroatoms. The van der Waals surface area contributed by atoms with Gasteiger partial charge < -0.3 is 14.5 Å². The summed E-state index contributed by atoms with van der Waals surface area (Å²) in [7, 11) is -1.84. The highest BCUT2D eigenvalue weighted by Crippen LogP contribution is 2.27. The van der Waals surface area contributed by atoms with Crippen LogP contribution in [0.1, 0.15) is 18.4 Å². The van der Waals surface area contributed by atoms with Crippen LogP contribution in [0.3, 0.4) is 0 Å². The van der Waals surface area contributed by atoms with Gasteiger partial charge in [0.2, 0.25) is 5.91 Å². The van der Waals surface area contributed by atoms with Gasteiger partial charge in [-0.2, -0.15) is 34.2 Å². The Labute approximate surface area is 216 Å².